The minimum absolute atomic E-state index is 0.0646. The summed E-state index contributed by atoms with van der Waals surface area (Å²) in [6.45, 7) is 2.50. The number of hydrogen-bond donors (Lipinski definition) is 0. The fourth-order valence-corrected chi connectivity index (χ4v) is 2.26. The van der Waals surface area contributed by atoms with Crippen LogP contribution in [0.1, 0.15) is 5.56 Å². The maximum atomic E-state index is 11.9. The van der Waals surface area contributed by atoms with Gasteiger partial charge in [-0.2, -0.15) is 0 Å². The van der Waals surface area contributed by atoms with Crippen molar-refractivity contribution in [3.63, 3.8) is 0 Å². The normalized spacial score (nSPS) is 20.0. The Hall–Kier alpha value is -2.74. The second-order valence-corrected chi connectivity index (χ2v) is 4.82. The van der Waals surface area contributed by atoms with E-state index in [0.29, 0.717) is 43.2 Å². The predicted molar refractivity (Wildman–Crippen MR) is 76.2 cm³/mol. The highest BCUT2D eigenvalue weighted by molar-refractivity contribution is 6.28. The van der Waals surface area contributed by atoms with Gasteiger partial charge in [0.05, 0.1) is 18.1 Å². The summed E-state index contributed by atoms with van der Waals surface area (Å²) in [5.41, 5.74) is 1.01. The fourth-order valence-electron chi connectivity index (χ4n) is 2.26. The van der Waals surface area contributed by atoms with Crippen LogP contribution in [0.25, 0.3) is 0 Å². The summed E-state index contributed by atoms with van der Waals surface area (Å²) < 4.78 is 5.25. The van der Waals surface area contributed by atoms with Crippen molar-refractivity contribution in [3.05, 3.63) is 51.7 Å². The van der Waals surface area contributed by atoms with Gasteiger partial charge in [0.1, 0.15) is 11.3 Å². The van der Waals surface area contributed by atoms with Gasteiger partial charge in [-0.3, -0.25) is 10.1 Å². The fraction of sp³-hybridized carbons (Fsp3) is 0.286. The van der Waals surface area contributed by atoms with E-state index < -0.39 is 10.9 Å². The highest BCUT2D eigenvalue weighted by Gasteiger charge is 2.28. The third-order valence-corrected chi connectivity index (χ3v) is 3.38. The van der Waals surface area contributed by atoms with Crippen LogP contribution in [0, 0.1) is 10.1 Å². The van der Waals surface area contributed by atoms with Crippen LogP contribution in [0.5, 0.6) is 0 Å². The molecule has 1 saturated heterocycles. The number of nitro groups is 1. The highest BCUT2D eigenvalue weighted by Crippen LogP contribution is 2.22. The van der Waals surface area contributed by atoms with Gasteiger partial charge >= 0.3 is 5.97 Å². The van der Waals surface area contributed by atoms with Gasteiger partial charge in [-0.1, -0.05) is 17.3 Å². The monoisotopic (exact) mass is 303 g/mol. The second-order valence-electron chi connectivity index (χ2n) is 4.82. The van der Waals surface area contributed by atoms with Crippen LogP contribution >= 0.6 is 0 Å². The molecule has 0 aromatic heterocycles. The molecule has 0 bridgehead atoms. The molecule has 22 heavy (non-hydrogen) atoms. The molecule has 8 heteroatoms. The molecule has 0 aliphatic carbocycles. The second kappa shape index (κ2) is 5.94. The van der Waals surface area contributed by atoms with Gasteiger partial charge < -0.3 is 14.5 Å². The van der Waals surface area contributed by atoms with Crippen molar-refractivity contribution in [2.24, 2.45) is 5.16 Å². The van der Waals surface area contributed by atoms with Crippen LogP contribution in [0.15, 0.2) is 41.2 Å². The molecule has 2 aliphatic rings. The zero-order valence-electron chi connectivity index (χ0n) is 11.6. The topological polar surface area (TPSA) is 94.3 Å². The molecule has 2 heterocycles. The van der Waals surface area contributed by atoms with Gasteiger partial charge in [0.2, 0.25) is 0 Å². The molecule has 0 unspecified atom stereocenters. The lowest BCUT2D eigenvalue weighted by molar-refractivity contribution is -0.384. The van der Waals surface area contributed by atoms with Crippen molar-refractivity contribution >= 4 is 17.4 Å². The molecule has 2 aliphatic heterocycles. The van der Waals surface area contributed by atoms with Crippen LogP contribution in [-0.2, 0) is 14.4 Å². The molecule has 1 aromatic rings. The number of ether oxygens (including phenoxy) is 1. The zero-order valence-corrected chi connectivity index (χ0v) is 11.6. The highest BCUT2D eigenvalue weighted by atomic mass is 16.7. The Balaban J connectivity index is 1.91. The number of carbonyl (C=O) groups is 1. The number of non-ortho nitro benzene ring substituents is 1. The Kier molecular flexibility index (Phi) is 3.84. The first-order valence-electron chi connectivity index (χ1n) is 6.73. The average Bonchev–Trinajstić information content (AvgIpc) is 2.89. The Labute approximate surface area is 125 Å². The molecule has 3 rings (SSSR count). The summed E-state index contributed by atoms with van der Waals surface area (Å²) in [7, 11) is 0. The standard InChI is InChI=1S/C14H13N3O5/c18-14-12(9-16-4-6-21-7-5-16)13(15-22-14)10-2-1-3-11(8-10)17(19)20/h1-3,8-9H,4-7H2/b12-9-. The number of oxime groups is 1. The summed E-state index contributed by atoms with van der Waals surface area (Å²) in [6.07, 6.45) is 1.68. The predicted octanol–water partition coefficient (Wildman–Crippen LogP) is 1.07. The summed E-state index contributed by atoms with van der Waals surface area (Å²) in [5.74, 6) is -0.562. The molecule has 0 radical (unpaired) electrons. The summed E-state index contributed by atoms with van der Waals surface area (Å²) in [4.78, 5) is 28.9. The molecular formula is C14H13N3O5. The Bertz CT molecular complexity index is 677. The number of carbonyl (C=O) groups excluding carboxylic acids is 1. The van der Waals surface area contributed by atoms with Crippen molar-refractivity contribution in [1.29, 1.82) is 0 Å². The van der Waals surface area contributed by atoms with Crippen molar-refractivity contribution in [2.45, 2.75) is 0 Å². The number of nitrogens with zero attached hydrogens (tertiary/aromatic N) is 3. The van der Waals surface area contributed by atoms with Crippen molar-refractivity contribution in [1.82, 2.24) is 4.90 Å². The maximum Gasteiger partial charge on any atom is 0.369 e. The van der Waals surface area contributed by atoms with E-state index in [1.54, 1.807) is 18.3 Å². The number of hydrogen-bond acceptors (Lipinski definition) is 7. The molecule has 0 N–H and O–H groups in total. The Morgan fingerprint density at radius 3 is 2.82 bits per heavy atom. The zero-order chi connectivity index (χ0) is 15.5. The number of morpholine rings is 1. The minimum Gasteiger partial charge on any atom is -0.378 e. The number of rotatable bonds is 3. The van der Waals surface area contributed by atoms with Gasteiger partial charge in [-0.15, -0.1) is 0 Å². The Morgan fingerprint density at radius 2 is 2.09 bits per heavy atom. The third kappa shape index (κ3) is 2.82. The lowest BCUT2D eigenvalue weighted by atomic mass is 10.0. The number of nitro benzene ring substituents is 1. The van der Waals surface area contributed by atoms with Gasteiger partial charge in [-0.05, 0) is 0 Å². The molecular weight excluding hydrogens is 290 g/mol. The summed E-state index contributed by atoms with van der Waals surface area (Å²) in [6, 6.07) is 5.95. The molecule has 114 valence electrons. The van der Waals surface area contributed by atoms with Gasteiger partial charge in [0.15, 0.2) is 0 Å². The van der Waals surface area contributed by atoms with Crippen LogP contribution < -0.4 is 0 Å². The van der Waals surface area contributed by atoms with Gasteiger partial charge in [0, 0.05) is 37.0 Å². The van der Waals surface area contributed by atoms with E-state index in [2.05, 4.69) is 5.16 Å². The number of benzene rings is 1. The SMILES string of the molecule is O=C1ON=C(c2cccc([N+](=O)[O-])c2)/C1=C/N1CCOCC1. The first-order valence-corrected chi connectivity index (χ1v) is 6.73. The van der Waals surface area contributed by atoms with E-state index in [-0.39, 0.29) is 5.69 Å². The van der Waals surface area contributed by atoms with Gasteiger partial charge in [0.25, 0.3) is 5.69 Å². The largest absolute Gasteiger partial charge is 0.378 e. The molecule has 1 fully saturated rings. The minimum atomic E-state index is -0.562. The van der Waals surface area contributed by atoms with E-state index in [4.69, 9.17) is 9.57 Å². The van der Waals surface area contributed by atoms with Gasteiger partial charge in [-0.25, -0.2) is 4.79 Å². The van der Waals surface area contributed by atoms with E-state index in [1.165, 1.54) is 12.1 Å². The Morgan fingerprint density at radius 1 is 1.32 bits per heavy atom. The molecule has 8 nitrogen and oxygen atoms in total. The van der Waals surface area contributed by atoms with E-state index in [0.717, 1.165) is 0 Å². The lowest BCUT2D eigenvalue weighted by Crippen LogP contribution is -2.33. The van der Waals surface area contributed by atoms with Crippen LogP contribution in [0.3, 0.4) is 0 Å². The van der Waals surface area contributed by atoms with E-state index in [1.807, 2.05) is 4.90 Å². The van der Waals surface area contributed by atoms with Crippen molar-refractivity contribution in [3.8, 4) is 0 Å². The van der Waals surface area contributed by atoms with E-state index >= 15 is 0 Å². The molecule has 0 saturated carbocycles. The average molecular weight is 303 g/mol. The smallest absolute Gasteiger partial charge is 0.369 e. The van der Waals surface area contributed by atoms with E-state index in [9.17, 15) is 14.9 Å². The molecule has 1 aromatic carbocycles. The lowest BCUT2D eigenvalue weighted by Gasteiger charge is -2.25. The first kappa shape index (κ1) is 14.2. The van der Waals surface area contributed by atoms with Crippen LogP contribution in [-0.4, -0.2) is 47.8 Å². The molecule has 0 atom stereocenters. The van der Waals surface area contributed by atoms with Crippen LogP contribution in [0.4, 0.5) is 5.69 Å². The molecule has 0 spiro atoms. The van der Waals surface area contributed by atoms with Crippen molar-refractivity contribution in [2.75, 3.05) is 26.3 Å². The van der Waals surface area contributed by atoms with Crippen molar-refractivity contribution < 1.29 is 19.3 Å². The van der Waals surface area contributed by atoms with Crippen LogP contribution in [0.2, 0.25) is 0 Å². The molecule has 0 amide bonds. The quantitative estimate of drug-likeness (QED) is 0.359. The summed E-state index contributed by atoms with van der Waals surface area (Å²) >= 11 is 0. The summed E-state index contributed by atoms with van der Waals surface area (Å²) in [5, 5.41) is 14.6. The first-order chi connectivity index (χ1) is 10.6. The maximum absolute atomic E-state index is 11.9. The third-order valence-electron chi connectivity index (χ3n) is 3.38.